The molecule has 4 aromatic rings. The van der Waals surface area contributed by atoms with Crippen molar-refractivity contribution in [3.05, 3.63) is 83.0 Å². The van der Waals surface area contributed by atoms with Gasteiger partial charge < -0.3 is 27.0 Å². The molecule has 0 spiro atoms. The van der Waals surface area contributed by atoms with E-state index in [0.29, 0.717) is 22.2 Å². The molecule has 12 heteroatoms. The number of nitrogens with one attached hydrogen (secondary N) is 1. The van der Waals surface area contributed by atoms with E-state index in [-0.39, 0.29) is 22.6 Å². The largest absolute Gasteiger partial charge is 0.507 e. The molecule has 182 valence electrons. The van der Waals surface area contributed by atoms with Crippen molar-refractivity contribution in [3.63, 3.8) is 0 Å². The molecule has 0 unspecified atom stereocenters. The number of thiazole rings is 1. The average Bonchev–Trinajstić information content (AvgIpc) is 3.25. The summed E-state index contributed by atoms with van der Waals surface area (Å²) in [7, 11) is 0. The van der Waals surface area contributed by atoms with E-state index in [4.69, 9.17) is 21.7 Å². The number of nitrogens with zero attached hydrogens (tertiary/aromatic N) is 1. The Hall–Kier alpha value is -4.32. The lowest BCUT2D eigenvalue weighted by Crippen LogP contribution is -2.05. The number of hydrogen-bond donors (Lipinski definition) is 5. The number of carbonyl (C=O) groups is 1. The fraction of sp³-hybridized carbons (Fsp3) is 0.0435. The van der Waals surface area contributed by atoms with Gasteiger partial charge in [0.25, 0.3) is 0 Å². The zero-order valence-electron chi connectivity index (χ0n) is 17.7. The van der Waals surface area contributed by atoms with Crippen molar-refractivity contribution in [2.75, 3.05) is 16.8 Å². The minimum absolute atomic E-state index is 0.176. The lowest BCUT2D eigenvalue weighted by atomic mass is 10.1. The molecule has 0 aliphatic heterocycles. The number of hydrogen-bond acceptors (Lipinski definition) is 7. The summed E-state index contributed by atoms with van der Waals surface area (Å²) in [6, 6.07) is 12.8. The van der Waals surface area contributed by atoms with Gasteiger partial charge in [0.05, 0.1) is 11.3 Å². The molecule has 0 atom stereocenters. The number of alkyl halides is 3. The van der Waals surface area contributed by atoms with Gasteiger partial charge in [-0.25, -0.2) is 14.2 Å². The summed E-state index contributed by atoms with van der Waals surface area (Å²) < 4.78 is 52.0. The predicted octanol–water partition coefficient (Wildman–Crippen LogP) is 5.97. The maximum Gasteiger partial charge on any atom is 0.416 e. The maximum atomic E-state index is 13.8. The first-order valence-electron chi connectivity index (χ1n) is 9.71. The summed E-state index contributed by atoms with van der Waals surface area (Å²) in [5.74, 6) is -1.93. The number of aromatic hydroxyl groups is 1. The highest BCUT2D eigenvalue weighted by molar-refractivity contribution is 7.14. The summed E-state index contributed by atoms with van der Waals surface area (Å²) in [5.41, 5.74) is 11.6. The number of aromatic nitrogens is 1. The number of nitrogen functional groups attached to an aromatic ring is 2. The average molecular weight is 506 g/mol. The van der Waals surface area contributed by atoms with Crippen molar-refractivity contribution in [1.29, 1.82) is 0 Å². The zero-order valence-corrected chi connectivity index (χ0v) is 18.5. The fourth-order valence-electron chi connectivity index (χ4n) is 2.82. The molecule has 3 aromatic carbocycles. The topological polar surface area (TPSA) is 134 Å². The first kappa shape index (κ1) is 25.3. The number of benzene rings is 3. The van der Waals surface area contributed by atoms with Gasteiger partial charge in [-0.15, -0.1) is 11.3 Å². The lowest BCUT2D eigenvalue weighted by Gasteiger charge is -2.09. The van der Waals surface area contributed by atoms with Gasteiger partial charge in [-0.3, -0.25) is 0 Å². The fourth-order valence-corrected chi connectivity index (χ4v) is 3.55. The van der Waals surface area contributed by atoms with Gasteiger partial charge >= 0.3 is 12.1 Å². The minimum Gasteiger partial charge on any atom is -0.507 e. The Morgan fingerprint density at radius 3 is 2.34 bits per heavy atom. The van der Waals surface area contributed by atoms with Crippen molar-refractivity contribution >= 4 is 39.5 Å². The number of phenols is 1. The number of carboxylic acid groups (broad SMARTS) is 1. The van der Waals surface area contributed by atoms with Crippen molar-refractivity contribution < 1.29 is 32.6 Å². The molecule has 4 rings (SSSR count). The second-order valence-electron chi connectivity index (χ2n) is 7.06. The molecule has 0 fully saturated rings. The molecular formula is C23H18F4N4O3S. The summed E-state index contributed by atoms with van der Waals surface area (Å²) in [4.78, 5) is 14.6. The third-order valence-electron chi connectivity index (χ3n) is 4.46. The number of anilines is 4. The van der Waals surface area contributed by atoms with Gasteiger partial charge in [0.15, 0.2) is 5.13 Å². The number of rotatable bonds is 4. The van der Waals surface area contributed by atoms with E-state index in [1.165, 1.54) is 48.5 Å². The third-order valence-corrected chi connectivity index (χ3v) is 5.22. The zero-order chi connectivity index (χ0) is 25.8. The number of nitrogens with two attached hydrogens (primary N) is 2. The van der Waals surface area contributed by atoms with Crippen LogP contribution in [0.4, 0.5) is 39.8 Å². The number of halogens is 4. The normalized spacial score (nSPS) is 10.9. The molecule has 0 amide bonds. The van der Waals surface area contributed by atoms with E-state index in [1.54, 1.807) is 5.38 Å². The molecule has 7 nitrogen and oxygen atoms in total. The van der Waals surface area contributed by atoms with Crippen LogP contribution in [0.2, 0.25) is 0 Å². The molecule has 0 saturated heterocycles. The number of aromatic carboxylic acids is 1. The Balaban J connectivity index is 0.000000261. The standard InChI is InChI=1S/C16H11F4N3S.C7H7NO3/c17-13-5-4-10(21)7-12(13)14-8-24-15(23-14)22-11-3-1-2-9(6-11)16(18,19)20;8-4-1-2-6(9)5(3-4)7(10)11/h1-8H,21H2,(H,22,23);1-3,9H,8H2,(H,10,11). The van der Waals surface area contributed by atoms with Crippen LogP contribution in [0, 0.1) is 5.82 Å². The molecule has 1 heterocycles. The van der Waals surface area contributed by atoms with Crippen LogP contribution in [0.5, 0.6) is 5.75 Å². The van der Waals surface area contributed by atoms with Gasteiger partial charge in [0.1, 0.15) is 17.1 Å². The summed E-state index contributed by atoms with van der Waals surface area (Å²) in [6.45, 7) is 0. The molecule has 7 N–H and O–H groups in total. The van der Waals surface area contributed by atoms with Crippen LogP contribution in [0.1, 0.15) is 15.9 Å². The van der Waals surface area contributed by atoms with Crippen LogP contribution in [0.15, 0.2) is 66.0 Å². The molecule has 0 saturated carbocycles. The predicted molar refractivity (Wildman–Crippen MR) is 126 cm³/mol. The number of carboxylic acids is 1. The Morgan fingerprint density at radius 1 is 1.00 bits per heavy atom. The molecule has 1 aromatic heterocycles. The van der Waals surface area contributed by atoms with Crippen molar-refractivity contribution in [3.8, 4) is 17.0 Å². The summed E-state index contributed by atoms with van der Waals surface area (Å²) in [6.07, 6.45) is -4.42. The highest BCUT2D eigenvalue weighted by Gasteiger charge is 2.30. The SMILES string of the molecule is Nc1ccc(F)c(-c2csc(Nc3cccc(C(F)(F)F)c3)n2)c1.Nc1ccc(O)c(C(=O)O)c1. The van der Waals surface area contributed by atoms with Crippen LogP contribution >= 0.6 is 11.3 Å². The minimum atomic E-state index is -4.42. The van der Waals surface area contributed by atoms with Gasteiger partial charge in [-0.05, 0) is 54.6 Å². The van der Waals surface area contributed by atoms with Crippen molar-refractivity contribution in [2.24, 2.45) is 0 Å². The highest BCUT2D eigenvalue weighted by atomic mass is 32.1. The van der Waals surface area contributed by atoms with Crippen LogP contribution in [-0.4, -0.2) is 21.2 Å². The maximum absolute atomic E-state index is 13.8. The van der Waals surface area contributed by atoms with Crippen molar-refractivity contribution in [1.82, 2.24) is 4.98 Å². The Labute approximate surface area is 200 Å². The second kappa shape index (κ2) is 10.3. The molecule has 0 radical (unpaired) electrons. The van der Waals surface area contributed by atoms with E-state index in [2.05, 4.69) is 10.3 Å². The molecule has 0 aliphatic carbocycles. The van der Waals surface area contributed by atoms with Crippen LogP contribution in [0.3, 0.4) is 0 Å². The van der Waals surface area contributed by atoms with E-state index >= 15 is 0 Å². The second-order valence-corrected chi connectivity index (χ2v) is 7.92. The Kier molecular flexibility index (Phi) is 7.45. The third kappa shape index (κ3) is 6.60. The quantitative estimate of drug-likeness (QED) is 0.131. The van der Waals surface area contributed by atoms with Crippen molar-refractivity contribution in [2.45, 2.75) is 6.18 Å². The highest BCUT2D eigenvalue weighted by Crippen LogP contribution is 2.33. The monoisotopic (exact) mass is 506 g/mol. The smallest absolute Gasteiger partial charge is 0.416 e. The first-order valence-corrected chi connectivity index (χ1v) is 10.6. The molecule has 0 aliphatic rings. The van der Waals surface area contributed by atoms with Gasteiger partial charge in [-0.2, -0.15) is 13.2 Å². The van der Waals surface area contributed by atoms with E-state index < -0.39 is 23.5 Å². The van der Waals surface area contributed by atoms with Gasteiger partial charge in [0.2, 0.25) is 0 Å². The Morgan fingerprint density at radius 2 is 1.69 bits per heavy atom. The van der Waals surface area contributed by atoms with Crippen LogP contribution in [0.25, 0.3) is 11.3 Å². The lowest BCUT2D eigenvalue weighted by molar-refractivity contribution is -0.137. The van der Waals surface area contributed by atoms with Crippen LogP contribution in [-0.2, 0) is 6.18 Å². The van der Waals surface area contributed by atoms with Gasteiger partial charge in [-0.1, -0.05) is 6.07 Å². The Bertz CT molecular complexity index is 1360. The van der Waals surface area contributed by atoms with E-state index in [0.717, 1.165) is 23.5 Å². The summed E-state index contributed by atoms with van der Waals surface area (Å²) >= 11 is 1.16. The first-order chi connectivity index (χ1) is 16.4. The molecule has 35 heavy (non-hydrogen) atoms. The van der Waals surface area contributed by atoms with Crippen LogP contribution < -0.4 is 16.8 Å². The molecular weight excluding hydrogens is 488 g/mol. The van der Waals surface area contributed by atoms with E-state index in [1.807, 2.05) is 0 Å². The molecule has 0 bridgehead atoms. The van der Waals surface area contributed by atoms with Gasteiger partial charge in [0, 0.05) is 28.0 Å². The summed E-state index contributed by atoms with van der Waals surface area (Å²) in [5, 5.41) is 22.2. The van der Waals surface area contributed by atoms with E-state index in [9.17, 15) is 22.4 Å².